The second-order valence-electron chi connectivity index (χ2n) is 6.91. The van der Waals surface area contributed by atoms with Crippen molar-refractivity contribution in [3.05, 3.63) is 0 Å². The highest BCUT2D eigenvalue weighted by atomic mass is 19.4. The highest BCUT2D eigenvalue weighted by molar-refractivity contribution is 5.79. The molecule has 1 aliphatic heterocycles. The summed E-state index contributed by atoms with van der Waals surface area (Å²) in [6, 6.07) is 0. The molecule has 144 valence electrons. The first kappa shape index (κ1) is 20.0. The van der Waals surface area contributed by atoms with Gasteiger partial charge < -0.3 is 14.7 Å². The van der Waals surface area contributed by atoms with Gasteiger partial charge in [-0.1, -0.05) is 12.8 Å². The van der Waals surface area contributed by atoms with Crippen molar-refractivity contribution in [1.82, 2.24) is 9.80 Å². The number of hydrogen-bond acceptors (Lipinski definition) is 4. The molecule has 1 saturated heterocycles. The number of halogens is 3. The molecule has 0 bridgehead atoms. The normalized spacial score (nSPS) is 28.2. The number of carboxylic acid groups (broad SMARTS) is 1. The second-order valence-corrected chi connectivity index (χ2v) is 6.91. The molecule has 9 heteroatoms. The molecule has 0 radical (unpaired) electrons. The number of hydrogen-bond donors (Lipinski definition) is 1. The number of amides is 1. The van der Waals surface area contributed by atoms with E-state index < -0.39 is 36.0 Å². The monoisotopic (exact) mass is 366 g/mol. The first-order chi connectivity index (χ1) is 11.7. The van der Waals surface area contributed by atoms with Crippen LogP contribution in [0.3, 0.4) is 0 Å². The van der Waals surface area contributed by atoms with Gasteiger partial charge in [-0.3, -0.25) is 14.5 Å². The van der Waals surface area contributed by atoms with Crippen LogP contribution in [0.15, 0.2) is 0 Å². The van der Waals surface area contributed by atoms with Crippen molar-refractivity contribution < 1.29 is 32.6 Å². The standard InChI is InChI=1S/C16H25F3N2O4/c1-20(10-14(22)23)8-11-9-21(6-7-25-11)15(24)12-4-2-3-5-13(12)16(17,18)19/h11-13H,2-10H2,1H3,(H,22,23). The number of carbonyl (C=O) groups excluding carboxylic acids is 1. The van der Waals surface area contributed by atoms with E-state index in [-0.39, 0.29) is 39.1 Å². The summed E-state index contributed by atoms with van der Waals surface area (Å²) >= 11 is 0. The minimum Gasteiger partial charge on any atom is -0.480 e. The molecular formula is C16H25F3N2O4. The van der Waals surface area contributed by atoms with E-state index in [1.165, 1.54) is 4.90 Å². The Kier molecular flexibility index (Phi) is 6.67. The highest BCUT2D eigenvalue weighted by Crippen LogP contribution is 2.42. The van der Waals surface area contributed by atoms with Crippen molar-refractivity contribution in [3.63, 3.8) is 0 Å². The Morgan fingerprint density at radius 3 is 2.60 bits per heavy atom. The van der Waals surface area contributed by atoms with E-state index in [4.69, 9.17) is 9.84 Å². The summed E-state index contributed by atoms with van der Waals surface area (Å²) in [6.45, 7) is 0.875. The van der Waals surface area contributed by atoms with Crippen LogP contribution in [0.1, 0.15) is 25.7 Å². The highest BCUT2D eigenvalue weighted by Gasteiger charge is 2.49. The Hall–Kier alpha value is -1.35. The van der Waals surface area contributed by atoms with Gasteiger partial charge in [-0.15, -0.1) is 0 Å². The molecule has 0 spiro atoms. The first-order valence-electron chi connectivity index (χ1n) is 8.56. The van der Waals surface area contributed by atoms with Crippen LogP contribution in [-0.2, 0) is 14.3 Å². The van der Waals surface area contributed by atoms with E-state index in [1.54, 1.807) is 11.9 Å². The molecule has 6 nitrogen and oxygen atoms in total. The van der Waals surface area contributed by atoms with E-state index in [0.29, 0.717) is 19.4 Å². The van der Waals surface area contributed by atoms with Crippen LogP contribution in [-0.4, -0.2) is 78.9 Å². The smallest absolute Gasteiger partial charge is 0.392 e. The van der Waals surface area contributed by atoms with Crippen molar-refractivity contribution >= 4 is 11.9 Å². The fourth-order valence-corrected chi connectivity index (χ4v) is 3.73. The molecule has 2 aliphatic rings. The number of carboxylic acids is 1. The minimum absolute atomic E-state index is 0.00895. The molecule has 1 amide bonds. The van der Waals surface area contributed by atoms with Crippen LogP contribution in [0.25, 0.3) is 0 Å². The average molecular weight is 366 g/mol. The number of likely N-dealkylation sites (N-methyl/N-ethyl adjacent to an activating group) is 1. The molecule has 0 aromatic heterocycles. The van der Waals surface area contributed by atoms with Gasteiger partial charge >= 0.3 is 12.1 Å². The molecule has 0 aromatic carbocycles. The fourth-order valence-electron chi connectivity index (χ4n) is 3.73. The zero-order valence-electron chi connectivity index (χ0n) is 14.3. The first-order valence-corrected chi connectivity index (χ1v) is 8.56. The molecule has 3 unspecified atom stereocenters. The lowest BCUT2D eigenvalue weighted by Gasteiger charge is -2.39. The molecule has 1 heterocycles. The molecule has 1 saturated carbocycles. The van der Waals surface area contributed by atoms with Crippen molar-refractivity contribution in [2.24, 2.45) is 11.8 Å². The van der Waals surface area contributed by atoms with Crippen LogP contribution in [0.5, 0.6) is 0 Å². The van der Waals surface area contributed by atoms with E-state index in [1.807, 2.05) is 0 Å². The molecule has 0 aromatic rings. The number of carbonyl (C=O) groups is 2. The summed E-state index contributed by atoms with van der Waals surface area (Å²) in [7, 11) is 1.62. The molecular weight excluding hydrogens is 341 g/mol. The lowest BCUT2D eigenvalue weighted by Crippen LogP contribution is -2.53. The van der Waals surface area contributed by atoms with Crippen LogP contribution >= 0.6 is 0 Å². The summed E-state index contributed by atoms with van der Waals surface area (Å²) in [5, 5.41) is 8.78. The largest absolute Gasteiger partial charge is 0.480 e. The van der Waals surface area contributed by atoms with Gasteiger partial charge in [0.05, 0.1) is 25.2 Å². The number of morpholine rings is 1. The Balaban J connectivity index is 1.97. The van der Waals surface area contributed by atoms with Gasteiger partial charge in [-0.2, -0.15) is 13.2 Å². The number of alkyl halides is 3. The predicted octanol–water partition coefficient (Wildman–Crippen LogP) is 1.60. The van der Waals surface area contributed by atoms with E-state index in [2.05, 4.69) is 0 Å². The second kappa shape index (κ2) is 8.35. The number of nitrogens with zero attached hydrogens (tertiary/aromatic N) is 2. The van der Waals surface area contributed by atoms with Gasteiger partial charge in [-0.25, -0.2) is 0 Å². The zero-order chi connectivity index (χ0) is 18.6. The lowest BCUT2D eigenvalue weighted by atomic mass is 9.78. The summed E-state index contributed by atoms with van der Waals surface area (Å²) in [4.78, 5) is 26.4. The Bertz CT molecular complexity index is 486. The van der Waals surface area contributed by atoms with E-state index in [9.17, 15) is 22.8 Å². The minimum atomic E-state index is -4.35. The van der Waals surface area contributed by atoms with E-state index >= 15 is 0 Å². The fraction of sp³-hybridized carbons (Fsp3) is 0.875. The molecule has 3 atom stereocenters. The zero-order valence-corrected chi connectivity index (χ0v) is 14.3. The average Bonchev–Trinajstić information content (AvgIpc) is 2.52. The summed E-state index contributed by atoms with van der Waals surface area (Å²) in [5.74, 6) is -3.99. The third kappa shape index (κ3) is 5.57. The summed E-state index contributed by atoms with van der Waals surface area (Å²) in [6.07, 6.45) is -3.33. The molecule has 1 N–H and O–H groups in total. The maximum absolute atomic E-state index is 13.2. The Morgan fingerprint density at radius 1 is 1.28 bits per heavy atom. The van der Waals surface area contributed by atoms with Gasteiger partial charge in [0.1, 0.15) is 0 Å². The van der Waals surface area contributed by atoms with Crippen molar-refractivity contribution in [2.75, 3.05) is 39.8 Å². The SMILES string of the molecule is CN(CC(=O)O)CC1CN(C(=O)C2CCCCC2C(F)(F)F)CCO1. The molecule has 2 rings (SSSR count). The van der Waals surface area contributed by atoms with Gasteiger partial charge in [0.2, 0.25) is 5.91 Å². The summed E-state index contributed by atoms with van der Waals surface area (Å²) < 4.78 is 45.2. The maximum atomic E-state index is 13.2. The lowest BCUT2D eigenvalue weighted by molar-refractivity contribution is -0.202. The van der Waals surface area contributed by atoms with Crippen LogP contribution in [0.4, 0.5) is 13.2 Å². The van der Waals surface area contributed by atoms with Gasteiger partial charge in [-0.05, 0) is 19.9 Å². The van der Waals surface area contributed by atoms with E-state index in [0.717, 1.165) is 0 Å². The Morgan fingerprint density at radius 2 is 1.96 bits per heavy atom. The third-order valence-electron chi connectivity index (χ3n) is 4.87. The Labute approximate surface area is 144 Å². The topological polar surface area (TPSA) is 70.1 Å². The quantitative estimate of drug-likeness (QED) is 0.800. The van der Waals surface area contributed by atoms with Crippen LogP contribution < -0.4 is 0 Å². The van der Waals surface area contributed by atoms with Gasteiger partial charge in [0, 0.05) is 25.6 Å². The number of ether oxygens (including phenoxy) is 1. The predicted molar refractivity (Wildman–Crippen MR) is 83.0 cm³/mol. The van der Waals surface area contributed by atoms with Crippen molar-refractivity contribution in [1.29, 1.82) is 0 Å². The summed E-state index contributed by atoms with van der Waals surface area (Å²) in [5.41, 5.74) is 0. The molecule has 25 heavy (non-hydrogen) atoms. The van der Waals surface area contributed by atoms with Crippen molar-refractivity contribution in [3.8, 4) is 0 Å². The van der Waals surface area contributed by atoms with Crippen LogP contribution in [0, 0.1) is 11.8 Å². The van der Waals surface area contributed by atoms with Crippen molar-refractivity contribution in [2.45, 2.75) is 38.0 Å². The third-order valence-corrected chi connectivity index (χ3v) is 4.87. The maximum Gasteiger partial charge on any atom is 0.392 e. The molecule has 1 aliphatic carbocycles. The van der Waals surface area contributed by atoms with Gasteiger partial charge in [0.15, 0.2) is 0 Å². The van der Waals surface area contributed by atoms with Gasteiger partial charge in [0.25, 0.3) is 0 Å². The number of rotatable bonds is 5. The van der Waals surface area contributed by atoms with Crippen LogP contribution in [0.2, 0.25) is 0 Å². The molecule has 2 fully saturated rings. The number of aliphatic carboxylic acids is 1.